The number of fused-ring (bicyclic) bond motifs is 4. The van der Waals surface area contributed by atoms with Crippen LogP contribution in [0.25, 0.3) is 0 Å². The molecule has 0 fully saturated rings. The maximum Gasteiger partial charge on any atom is 0.573 e. The summed E-state index contributed by atoms with van der Waals surface area (Å²) in [5.41, 5.74) is -0.374. The molecule has 18 nitrogen and oxygen atoms in total. The number of aliphatic hydroxyl groups excluding tert-OH is 1. The smallest absolute Gasteiger partial charge is 0.406 e. The summed E-state index contributed by atoms with van der Waals surface area (Å²) in [6.07, 6.45) is -20.8. The zero-order valence-corrected chi connectivity index (χ0v) is 44.9. The number of halogens is 12. The van der Waals surface area contributed by atoms with E-state index in [1.165, 1.54) is 51.8 Å². The molecule has 0 radical (unpaired) electrons. The molecule has 10 rings (SSSR count). The van der Waals surface area contributed by atoms with Gasteiger partial charge < -0.3 is 25.2 Å². The number of aryl methyl sites for hydroxylation is 4. The molecule has 4 aromatic carbocycles. The summed E-state index contributed by atoms with van der Waals surface area (Å²) < 4.78 is 224. The van der Waals surface area contributed by atoms with Gasteiger partial charge in [-0.1, -0.05) is 18.2 Å². The van der Waals surface area contributed by atoms with Gasteiger partial charge in [0.25, 0.3) is 20.0 Å². The first-order chi connectivity index (χ1) is 39.0. The Bertz CT molecular complexity index is 4040. The second-order valence-corrected chi connectivity index (χ2v) is 22.3. The molecule has 6 heterocycles. The van der Waals surface area contributed by atoms with Gasteiger partial charge in [-0.25, -0.2) is 26.8 Å². The highest BCUT2D eigenvalue weighted by molar-refractivity contribution is 7.93. The Kier molecular flexibility index (Phi) is 15.4. The van der Waals surface area contributed by atoms with E-state index in [-0.39, 0.29) is 68.0 Å². The quantitative estimate of drug-likeness (QED) is 0.0858. The first-order valence-electron chi connectivity index (χ1n) is 24.0. The highest BCUT2D eigenvalue weighted by Crippen LogP contribution is 2.44. The molecule has 2 aliphatic rings. The van der Waals surface area contributed by atoms with Crippen LogP contribution < -0.4 is 28.7 Å². The number of rotatable bonds is 10. The van der Waals surface area contributed by atoms with Crippen molar-refractivity contribution < 1.29 is 88.9 Å². The molecule has 32 heteroatoms. The van der Waals surface area contributed by atoms with Crippen molar-refractivity contribution in [3.05, 3.63) is 178 Å². The lowest BCUT2D eigenvalue weighted by molar-refractivity contribution is -0.275. The monoisotopic (exact) mass is 1220 g/mol. The van der Waals surface area contributed by atoms with Crippen LogP contribution in [0.3, 0.4) is 0 Å². The Morgan fingerprint density at radius 1 is 0.560 bits per heavy atom. The van der Waals surface area contributed by atoms with Crippen molar-refractivity contribution in [2.75, 3.05) is 19.2 Å². The fraction of sp³-hybridized carbons (Fsp3) is 0.212. The normalized spacial score (nSPS) is 14.0. The van der Waals surface area contributed by atoms with Gasteiger partial charge in [-0.15, -0.1) is 26.3 Å². The zero-order valence-electron chi connectivity index (χ0n) is 43.3. The molecular formula is C52H40F12N10O8S2. The number of pyridine rings is 2. The number of hydrogen-bond acceptors (Lipinski definition) is 14. The third-order valence-electron chi connectivity index (χ3n) is 12.9. The van der Waals surface area contributed by atoms with Crippen molar-refractivity contribution in [2.24, 2.45) is 14.1 Å². The Balaban J connectivity index is 0.000000202. The Labute approximate surface area is 467 Å². The minimum Gasteiger partial charge on any atom is -0.406 e. The number of nitrogens with zero attached hydrogens (tertiary/aromatic N) is 8. The summed E-state index contributed by atoms with van der Waals surface area (Å²) in [6.45, 7) is 2.47. The number of nitrogens with one attached hydrogen (secondary N) is 2. The van der Waals surface area contributed by atoms with Gasteiger partial charge >= 0.3 is 25.1 Å². The third kappa shape index (κ3) is 12.7. The highest BCUT2D eigenvalue weighted by atomic mass is 32.2. The topological polar surface area (TPSA) is 216 Å². The van der Waals surface area contributed by atoms with Gasteiger partial charge in [-0.2, -0.15) is 36.5 Å². The number of sulfonamides is 2. The highest BCUT2D eigenvalue weighted by Gasteiger charge is 2.39. The van der Waals surface area contributed by atoms with Gasteiger partial charge in [-0.05, 0) is 123 Å². The van der Waals surface area contributed by atoms with Crippen LogP contribution in [0.15, 0.2) is 131 Å². The van der Waals surface area contributed by atoms with Crippen LogP contribution in [0.2, 0.25) is 0 Å². The number of alkyl halides is 12. The largest absolute Gasteiger partial charge is 0.573 e. The molecule has 3 N–H and O–H groups in total. The summed E-state index contributed by atoms with van der Waals surface area (Å²) in [4.78, 5) is 19.7. The van der Waals surface area contributed by atoms with E-state index >= 15 is 0 Å². The molecule has 0 saturated heterocycles. The van der Waals surface area contributed by atoms with Gasteiger partial charge in [0.2, 0.25) is 5.78 Å². The molecular weight excluding hydrogens is 1180 g/mol. The number of carbonyl (C=O) groups is 1. The van der Waals surface area contributed by atoms with Crippen molar-refractivity contribution in [3.63, 3.8) is 0 Å². The molecule has 0 spiro atoms. The lowest BCUT2D eigenvalue weighted by Gasteiger charge is -2.25. The van der Waals surface area contributed by atoms with E-state index in [1.54, 1.807) is 34.0 Å². The molecule has 442 valence electrons. The Hall–Kier alpha value is -8.91. The van der Waals surface area contributed by atoms with Crippen LogP contribution in [-0.4, -0.2) is 70.0 Å². The first-order valence-corrected chi connectivity index (χ1v) is 26.9. The van der Waals surface area contributed by atoms with Crippen LogP contribution >= 0.6 is 0 Å². The second-order valence-electron chi connectivity index (χ2n) is 18.6. The lowest BCUT2D eigenvalue weighted by Crippen LogP contribution is -2.30. The number of anilines is 6. The van der Waals surface area contributed by atoms with E-state index in [0.717, 1.165) is 75.0 Å². The molecule has 0 amide bonds. The number of aromatic nitrogens is 6. The molecule has 4 aromatic heterocycles. The summed E-state index contributed by atoms with van der Waals surface area (Å²) in [7, 11) is -5.82. The van der Waals surface area contributed by atoms with E-state index in [2.05, 4.69) is 40.3 Å². The number of aliphatic hydroxyl groups is 1. The summed E-state index contributed by atoms with van der Waals surface area (Å²) in [5, 5.41) is 24.9. The van der Waals surface area contributed by atoms with Gasteiger partial charge in [0.05, 0.1) is 51.3 Å². The number of carbonyl (C=O) groups excluding carboxylic acids is 1. The molecule has 0 saturated carbocycles. The van der Waals surface area contributed by atoms with Crippen molar-refractivity contribution in [1.29, 1.82) is 0 Å². The van der Waals surface area contributed by atoms with Crippen molar-refractivity contribution >= 4 is 60.2 Å². The number of hydrogen-bond donors (Lipinski definition) is 3. The average molecular weight is 1230 g/mol. The van der Waals surface area contributed by atoms with E-state index in [1.807, 2.05) is 0 Å². The van der Waals surface area contributed by atoms with E-state index in [9.17, 15) is 79.4 Å². The molecule has 0 bridgehead atoms. The Morgan fingerprint density at radius 2 is 0.988 bits per heavy atom. The molecule has 1 unspecified atom stereocenters. The summed E-state index contributed by atoms with van der Waals surface area (Å²) in [5.74, 6) is -2.37. The van der Waals surface area contributed by atoms with E-state index in [0.29, 0.717) is 17.8 Å². The van der Waals surface area contributed by atoms with E-state index in [4.69, 9.17) is 0 Å². The van der Waals surface area contributed by atoms with Crippen LogP contribution in [0, 0.1) is 13.8 Å². The molecule has 8 aromatic rings. The maximum atomic E-state index is 13.9. The van der Waals surface area contributed by atoms with Crippen LogP contribution in [0.5, 0.6) is 11.5 Å². The first kappa shape index (κ1) is 59.7. The lowest BCUT2D eigenvalue weighted by atomic mass is 10.0. The third-order valence-corrected chi connectivity index (χ3v) is 16.4. The zero-order chi connectivity index (χ0) is 61.2. The van der Waals surface area contributed by atoms with E-state index < -0.39 is 103 Å². The second kappa shape index (κ2) is 21.7. The fourth-order valence-corrected chi connectivity index (χ4v) is 11.4. The van der Waals surface area contributed by atoms with Crippen molar-refractivity contribution in [2.45, 2.75) is 67.9 Å². The van der Waals surface area contributed by atoms with Gasteiger partial charge in [0.1, 0.15) is 46.3 Å². The average Bonchev–Trinajstić information content (AvgIpc) is 1.89. The van der Waals surface area contributed by atoms with Gasteiger partial charge in [-0.3, -0.25) is 22.8 Å². The summed E-state index contributed by atoms with van der Waals surface area (Å²) in [6, 6.07) is 21.7. The molecule has 0 aliphatic carbocycles. The van der Waals surface area contributed by atoms with Crippen LogP contribution in [-0.2, 0) is 59.6 Å². The number of ketones is 1. The maximum absolute atomic E-state index is 13.9. The number of ether oxygens (including phenoxy) is 2. The van der Waals surface area contributed by atoms with Gasteiger partial charge in [0.15, 0.2) is 0 Å². The van der Waals surface area contributed by atoms with Gasteiger partial charge in [0, 0.05) is 42.2 Å². The van der Waals surface area contributed by atoms with Crippen LogP contribution in [0.4, 0.5) is 87.1 Å². The minimum absolute atomic E-state index is 0.00919. The van der Waals surface area contributed by atoms with Crippen LogP contribution in [0.1, 0.15) is 67.3 Å². The number of benzene rings is 4. The SMILES string of the molecule is Cc1cc(C(=O)c2ccc3c(c2)N(S(=O)(=O)c2ccc(OC(F)(F)F)cc2)Cc2ccc(C(F)(F)F)nc2N3)nn1C.Cc1cc(C(O)c2ccc3c(c2)N(S(=O)(=O)c2ccc(OC(F)(F)F)cc2)Cc2ccc(C(F)(F)F)nc2N3)nn1C. The van der Waals surface area contributed by atoms with Crippen molar-refractivity contribution in [3.8, 4) is 11.5 Å². The summed E-state index contributed by atoms with van der Waals surface area (Å²) >= 11 is 0. The fourth-order valence-electron chi connectivity index (χ4n) is 8.54. The Morgan fingerprint density at radius 3 is 1.39 bits per heavy atom. The minimum atomic E-state index is -5.00. The predicted octanol–water partition coefficient (Wildman–Crippen LogP) is 11.3. The molecule has 84 heavy (non-hydrogen) atoms. The van der Waals surface area contributed by atoms with Crippen molar-refractivity contribution in [1.82, 2.24) is 29.5 Å². The standard InChI is InChI=1S/C26H21F6N5O4S.C26H19F6N5O4S/c2*1-14-11-20(35-36(14)2)23(38)15-3-9-19-21(12-15)37(13-16-4-10-22(25(27,28)29)34-24(16)33-19)42(39,40)18-7-5-17(6-8-18)41-26(30,31)32/h3-12,23,38H,13H2,1-2H3,(H,33,34);3-12H,13H2,1-2H3,(H,33,34). The molecule has 2 aliphatic heterocycles. The predicted molar refractivity (Wildman–Crippen MR) is 274 cm³/mol. The molecule has 1 atom stereocenters.